The van der Waals surface area contributed by atoms with Crippen molar-refractivity contribution in [2.45, 2.75) is 45.8 Å². The fourth-order valence-corrected chi connectivity index (χ4v) is 2.87. The Morgan fingerprint density at radius 3 is 2.58 bits per heavy atom. The molecular formula is C19H28N2O3. The number of hydrogen-bond donors (Lipinski definition) is 1. The highest BCUT2D eigenvalue weighted by molar-refractivity contribution is 5.76. The first-order valence-electron chi connectivity index (χ1n) is 8.70. The standard InChI is InChI=1S/C19H28N2O3/c1-14(2)17-12-21(19(23)10-7-11-20-15(3)22)13-18(24-17)16-8-5-4-6-9-16/h4-6,8-9,14,17-18H,7,10-13H2,1-3H3,(H,20,22)/t17-,18+/m1/s1. The number of rotatable bonds is 6. The Hall–Kier alpha value is -1.88. The van der Waals surface area contributed by atoms with Gasteiger partial charge in [0.15, 0.2) is 0 Å². The third-order valence-electron chi connectivity index (χ3n) is 4.33. The van der Waals surface area contributed by atoms with Crippen molar-refractivity contribution < 1.29 is 14.3 Å². The van der Waals surface area contributed by atoms with E-state index in [1.54, 1.807) is 0 Å². The van der Waals surface area contributed by atoms with E-state index in [1.807, 2.05) is 35.2 Å². The number of nitrogens with zero attached hydrogens (tertiary/aromatic N) is 1. The minimum Gasteiger partial charge on any atom is -0.366 e. The summed E-state index contributed by atoms with van der Waals surface area (Å²) in [6.07, 6.45) is 1.08. The second kappa shape index (κ2) is 8.83. The van der Waals surface area contributed by atoms with Crippen LogP contribution in [0.3, 0.4) is 0 Å². The molecule has 1 aromatic rings. The summed E-state index contributed by atoms with van der Waals surface area (Å²) >= 11 is 0. The molecule has 1 N–H and O–H groups in total. The Morgan fingerprint density at radius 2 is 1.96 bits per heavy atom. The van der Waals surface area contributed by atoms with E-state index < -0.39 is 0 Å². The van der Waals surface area contributed by atoms with Gasteiger partial charge in [0.1, 0.15) is 6.10 Å². The first kappa shape index (κ1) is 18.5. The van der Waals surface area contributed by atoms with E-state index in [9.17, 15) is 9.59 Å². The lowest BCUT2D eigenvalue weighted by molar-refractivity contribution is -0.150. The molecule has 2 rings (SSSR count). The summed E-state index contributed by atoms with van der Waals surface area (Å²) in [4.78, 5) is 25.3. The molecule has 0 aromatic heterocycles. The molecule has 0 unspecified atom stereocenters. The maximum absolute atomic E-state index is 12.5. The van der Waals surface area contributed by atoms with Crippen molar-refractivity contribution in [3.63, 3.8) is 0 Å². The monoisotopic (exact) mass is 332 g/mol. The van der Waals surface area contributed by atoms with Crippen LogP contribution in [0.1, 0.15) is 45.3 Å². The molecule has 5 heteroatoms. The van der Waals surface area contributed by atoms with Gasteiger partial charge in [0.25, 0.3) is 0 Å². The zero-order chi connectivity index (χ0) is 17.5. The van der Waals surface area contributed by atoms with E-state index in [1.165, 1.54) is 6.92 Å². The average Bonchev–Trinajstić information content (AvgIpc) is 2.58. The predicted molar refractivity (Wildman–Crippen MR) is 93.4 cm³/mol. The van der Waals surface area contributed by atoms with E-state index >= 15 is 0 Å². The van der Waals surface area contributed by atoms with Crippen LogP contribution in [0.4, 0.5) is 0 Å². The van der Waals surface area contributed by atoms with Crippen LogP contribution >= 0.6 is 0 Å². The van der Waals surface area contributed by atoms with Gasteiger partial charge >= 0.3 is 0 Å². The van der Waals surface area contributed by atoms with Crippen LogP contribution < -0.4 is 5.32 Å². The molecule has 1 saturated heterocycles. The zero-order valence-electron chi connectivity index (χ0n) is 14.8. The summed E-state index contributed by atoms with van der Waals surface area (Å²) in [6, 6.07) is 10.1. The van der Waals surface area contributed by atoms with Crippen molar-refractivity contribution in [3.05, 3.63) is 35.9 Å². The molecule has 5 nitrogen and oxygen atoms in total. The average molecular weight is 332 g/mol. The van der Waals surface area contributed by atoms with E-state index in [4.69, 9.17) is 4.74 Å². The van der Waals surface area contributed by atoms with Gasteiger partial charge in [-0.25, -0.2) is 0 Å². The molecule has 1 aliphatic rings. The fraction of sp³-hybridized carbons (Fsp3) is 0.579. The topological polar surface area (TPSA) is 58.6 Å². The number of amides is 2. The van der Waals surface area contributed by atoms with Crippen molar-refractivity contribution in [1.82, 2.24) is 10.2 Å². The molecular weight excluding hydrogens is 304 g/mol. The Balaban J connectivity index is 1.97. The molecule has 24 heavy (non-hydrogen) atoms. The van der Waals surface area contributed by atoms with Gasteiger partial charge in [-0.05, 0) is 17.9 Å². The van der Waals surface area contributed by atoms with Crippen molar-refractivity contribution in [2.24, 2.45) is 5.92 Å². The summed E-state index contributed by atoms with van der Waals surface area (Å²) in [5.41, 5.74) is 1.11. The van der Waals surface area contributed by atoms with Gasteiger partial charge in [-0.15, -0.1) is 0 Å². The number of ether oxygens (including phenoxy) is 1. The molecule has 0 bridgehead atoms. The molecule has 0 radical (unpaired) electrons. The third-order valence-corrected chi connectivity index (χ3v) is 4.33. The van der Waals surface area contributed by atoms with Crippen molar-refractivity contribution >= 4 is 11.8 Å². The zero-order valence-corrected chi connectivity index (χ0v) is 14.8. The lowest BCUT2D eigenvalue weighted by Gasteiger charge is -2.40. The Bertz CT molecular complexity index is 545. The lowest BCUT2D eigenvalue weighted by atomic mass is 10.0. The predicted octanol–water partition coefficient (Wildman–Crippen LogP) is 2.53. The van der Waals surface area contributed by atoms with Gasteiger partial charge in [0.05, 0.1) is 12.6 Å². The summed E-state index contributed by atoms with van der Waals surface area (Å²) in [5, 5.41) is 2.73. The molecule has 1 fully saturated rings. The van der Waals surface area contributed by atoms with E-state index in [-0.39, 0.29) is 24.0 Å². The number of morpholine rings is 1. The van der Waals surface area contributed by atoms with Gasteiger partial charge in [-0.2, -0.15) is 0 Å². The number of benzene rings is 1. The van der Waals surface area contributed by atoms with Crippen LogP contribution in [0, 0.1) is 5.92 Å². The Morgan fingerprint density at radius 1 is 1.25 bits per heavy atom. The number of carbonyl (C=O) groups excluding carboxylic acids is 2. The van der Waals surface area contributed by atoms with Crippen LogP contribution in [0.5, 0.6) is 0 Å². The van der Waals surface area contributed by atoms with Gasteiger partial charge in [0.2, 0.25) is 11.8 Å². The summed E-state index contributed by atoms with van der Waals surface area (Å²) in [6.45, 7) is 7.50. The van der Waals surface area contributed by atoms with Crippen LogP contribution in [-0.4, -0.2) is 42.5 Å². The molecule has 0 saturated carbocycles. The number of nitrogens with one attached hydrogen (secondary N) is 1. The highest BCUT2D eigenvalue weighted by Gasteiger charge is 2.32. The number of carbonyl (C=O) groups is 2. The van der Waals surface area contributed by atoms with Gasteiger partial charge in [-0.1, -0.05) is 44.2 Å². The maximum atomic E-state index is 12.5. The SMILES string of the molecule is CC(=O)NCCCC(=O)N1C[C@@H](c2ccccc2)O[C@@H](C(C)C)C1. The minimum absolute atomic E-state index is 0.0447. The van der Waals surface area contributed by atoms with Crippen molar-refractivity contribution in [1.29, 1.82) is 0 Å². The largest absolute Gasteiger partial charge is 0.366 e. The second-order valence-electron chi connectivity index (χ2n) is 6.70. The molecule has 1 aliphatic heterocycles. The van der Waals surface area contributed by atoms with E-state index in [0.29, 0.717) is 38.4 Å². The summed E-state index contributed by atoms with van der Waals surface area (Å²) < 4.78 is 6.22. The highest BCUT2D eigenvalue weighted by Crippen LogP contribution is 2.28. The Kier molecular flexibility index (Phi) is 6.79. The normalized spacial score (nSPS) is 20.9. The fourth-order valence-electron chi connectivity index (χ4n) is 2.87. The van der Waals surface area contributed by atoms with Gasteiger partial charge in [-0.3, -0.25) is 9.59 Å². The quantitative estimate of drug-likeness (QED) is 0.815. The molecule has 0 spiro atoms. The minimum atomic E-state index is -0.0772. The summed E-state index contributed by atoms with van der Waals surface area (Å²) in [7, 11) is 0. The van der Waals surface area contributed by atoms with Gasteiger partial charge < -0.3 is 15.0 Å². The first-order chi connectivity index (χ1) is 11.5. The highest BCUT2D eigenvalue weighted by atomic mass is 16.5. The van der Waals surface area contributed by atoms with E-state index in [0.717, 1.165) is 5.56 Å². The van der Waals surface area contributed by atoms with Crippen LogP contribution in [0.2, 0.25) is 0 Å². The smallest absolute Gasteiger partial charge is 0.222 e. The number of hydrogen-bond acceptors (Lipinski definition) is 3. The first-order valence-corrected chi connectivity index (χ1v) is 8.70. The molecule has 2 atom stereocenters. The molecule has 1 aromatic carbocycles. The molecule has 1 heterocycles. The lowest BCUT2D eigenvalue weighted by Crippen LogP contribution is -2.48. The molecule has 132 valence electrons. The molecule has 2 amide bonds. The maximum Gasteiger partial charge on any atom is 0.222 e. The van der Waals surface area contributed by atoms with Crippen LogP contribution in [0.15, 0.2) is 30.3 Å². The van der Waals surface area contributed by atoms with Crippen molar-refractivity contribution in [3.8, 4) is 0 Å². The third kappa shape index (κ3) is 5.34. The Labute approximate surface area is 144 Å². The van der Waals surface area contributed by atoms with Crippen molar-refractivity contribution in [2.75, 3.05) is 19.6 Å². The van der Waals surface area contributed by atoms with Crippen LogP contribution in [0.25, 0.3) is 0 Å². The van der Waals surface area contributed by atoms with E-state index in [2.05, 4.69) is 19.2 Å². The summed E-state index contributed by atoms with van der Waals surface area (Å²) in [5.74, 6) is 0.430. The molecule has 0 aliphatic carbocycles. The van der Waals surface area contributed by atoms with Gasteiger partial charge in [0, 0.05) is 26.4 Å². The van der Waals surface area contributed by atoms with Crippen LogP contribution in [-0.2, 0) is 14.3 Å². The second-order valence-corrected chi connectivity index (χ2v) is 6.70.